The summed E-state index contributed by atoms with van der Waals surface area (Å²) in [6.07, 6.45) is 13.6. The van der Waals surface area contributed by atoms with Gasteiger partial charge in [-0.25, -0.2) is 0 Å². The largest absolute Gasteiger partial charge is 0.481 e. The van der Waals surface area contributed by atoms with Crippen molar-refractivity contribution in [3.63, 3.8) is 0 Å². The first kappa shape index (κ1) is 31.0. The molecule has 3 N–H and O–H groups in total. The molecular weight excluding hydrogens is 573 g/mol. The van der Waals surface area contributed by atoms with E-state index in [4.69, 9.17) is 9.31 Å². The molecule has 2 amide bonds. The first-order valence-electron chi connectivity index (χ1n) is 18.4. The van der Waals surface area contributed by atoms with Crippen molar-refractivity contribution >= 4 is 29.8 Å². The Kier molecular flexibility index (Phi) is 7.49. The van der Waals surface area contributed by atoms with Gasteiger partial charge in [-0.05, 0) is 123 Å². The predicted molar refractivity (Wildman–Crippen MR) is 181 cm³/mol. The normalized spacial score (nSPS) is 38.0. The summed E-state index contributed by atoms with van der Waals surface area (Å²) in [5.74, 6) is 3.42. The zero-order valence-corrected chi connectivity index (χ0v) is 28.6. The number of aromatic amines is 1. The highest BCUT2D eigenvalue weighted by atomic mass is 16.7. The number of hydrogen-bond donors (Lipinski definition) is 3. The van der Waals surface area contributed by atoms with Gasteiger partial charge in [0.25, 0.3) is 0 Å². The minimum atomic E-state index is -0.679. The van der Waals surface area contributed by atoms with Gasteiger partial charge in [-0.15, -0.1) is 0 Å². The third-order valence-electron chi connectivity index (χ3n) is 13.8. The first-order valence-corrected chi connectivity index (χ1v) is 18.4. The Hall–Kier alpha value is -2.32. The maximum Gasteiger partial charge on any atom is 0.481 e. The van der Waals surface area contributed by atoms with Crippen LogP contribution >= 0.6 is 0 Å². The molecule has 6 bridgehead atoms. The second-order valence-corrected chi connectivity index (χ2v) is 17.9. The number of aromatic nitrogens is 1. The van der Waals surface area contributed by atoms with Crippen molar-refractivity contribution in [3.8, 4) is 0 Å². The highest BCUT2D eigenvalue weighted by Gasteiger charge is 2.68. The number of nitrogens with one attached hydrogen (secondary N) is 3. The van der Waals surface area contributed by atoms with Crippen molar-refractivity contribution < 1.29 is 18.9 Å². The average molecular weight is 628 g/mol. The van der Waals surface area contributed by atoms with E-state index in [1.54, 1.807) is 0 Å². The van der Waals surface area contributed by atoms with Gasteiger partial charge in [0, 0.05) is 29.9 Å². The highest BCUT2D eigenvalue weighted by molar-refractivity contribution is 6.48. The molecule has 8 aliphatic rings. The number of benzene rings is 1. The Morgan fingerprint density at radius 3 is 2.35 bits per heavy atom. The number of para-hydroxylation sites is 1. The van der Waals surface area contributed by atoms with Gasteiger partial charge >= 0.3 is 7.12 Å². The van der Waals surface area contributed by atoms with Crippen molar-refractivity contribution in [1.82, 2.24) is 15.6 Å². The standard InChI is InChI=1S/C38H54BN3O4/c1-22(2)10-33(39-45-32-16-27-15-31(36(27,3)4)37(32,5)46-39)42-35(44)30(14-26-21-40-29-9-7-6-8-28(26)29)41-34(43)20-38-17-23-11-24(18-38)13-25(12-23)19-38/h6-9,21-25,27,30-33,40H,10-20H2,1-5H3,(H,41,43)(H,42,44)/t23?,24?,25?,27-,30-,31-,32+,33-,37-,38?/m0/s1. The van der Waals surface area contributed by atoms with E-state index < -0.39 is 13.2 Å². The fraction of sp³-hybridized carbons (Fsp3) is 0.737. The Bertz CT molecular complexity index is 1470. The number of hydrogen-bond acceptors (Lipinski definition) is 4. The molecule has 1 aromatic carbocycles. The van der Waals surface area contributed by atoms with Crippen molar-refractivity contribution in [2.75, 3.05) is 0 Å². The third kappa shape index (κ3) is 5.25. The Labute approximate surface area is 275 Å². The summed E-state index contributed by atoms with van der Waals surface area (Å²) in [5.41, 5.74) is 2.12. The second kappa shape index (κ2) is 11.1. The molecule has 0 unspecified atom stereocenters. The van der Waals surface area contributed by atoms with E-state index in [2.05, 4.69) is 62.4 Å². The van der Waals surface area contributed by atoms with Gasteiger partial charge < -0.3 is 24.9 Å². The van der Waals surface area contributed by atoms with Crippen LogP contribution in [-0.2, 0) is 25.3 Å². The number of amides is 2. The summed E-state index contributed by atoms with van der Waals surface area (Å²) in [6, 6.07) is 7.50. The zero-order chi connectivity index (χ0) is 32.0. The molecule has 2 heterocycles. The topological polar surface area (TPSA) is 92.5 Å². The molecule has 7 saturated carbocycles. The average Bonchev–Trinajstić information content (AvgIpc) is 3.55. The van der Waals surface area contributed by atoms with Crippen LogP contribution in [0.4, 0.5) is 0 Å². The van der Waals surface area contributed by atoms with Gasteiger partial charge in [0.1, 0.15) is 6.04 Å². The van der Waals surface area contributed by atoms with E-state index in [0.717, 1.165) is 47.1 Å². The molecule has 8 heteroatoms. The van der Waals surface area contributed by atoms with Gasteiger partial charge in [-0.3, -0.25) is 9.59 Å². The van der Waals surface area contributed by atoms with Gasteiger partial charge in [0.05, 0.1) is 17.6 Å². The fourth-order valence-electron chi connectivity index (χ4n) is 11.9. The van der Waals surface area contributed by atoms with Crippen LogP contribution in [0.15, 0.2) is 30.5 Å². The minimum absolute atomic E-state index is 0.0243. The van der Waals surface area contributed by atoms with Crippen LogP contribution in [-0.4, -0.2) is 47.6 Å². The van der Waals surface area contributed by atoms with Crippen LogP contribution in [0.3, 0.4) is 0 Å². The number of H-pyrrole nitrogens is 1. The molecule has 8 fully saturated rings. The van der Waals surface area contributed by atoms with Crippen LogP contribution in [0.5, 0.6) is 0 Å². The van der Waals surface area contributed by atoms with E-state index >= 15 is 0 Å². The summed E-state index contributed by atoms with van der Waals surface area (Å²) in [6.45, 7) is 11.3. The molecule has 0 radical (unpaired) electrons. The van der Waals surface area contributed by atoms with Crippen molar-refractivity contribution in [1.29, 1.82) is 0 Å². The first-order chi connectivity index (χ1) is 21.9. The number of carbonyl (C=O) groups excluding carboxylic acids is 2. The number of rotatable bonds is 10. The van der Waals surface area contributed by atoms with Crippen molar-refractivity contribution in [3.05, 3.63) is 36.0 Å². The predicted octanol–water partition coefficient (Wildman–Crippen LogP) is 6.60. The van der Waals surface area contributed by atoms with E-state index in [0.29, 0.717) is 30.6 Å². The molecule has 248 valence electrons. The third-order valence-corrected chi connectivity index (χ3v) is 13.8. The van der Waals surface area contributed by atoms with E-state index in [9.17, 15) is 9.59 Å². The maximum atomic E-state index is 14.4. The molecule has 7 aliphatic carbocycles. The summed E-state index contributed by atoms with van der Waals surface area (Å²) >= 11 is 0. The van der Waals surface area contributed by atoms with E-state index in [1.165, 1.54) is 44.9 Å². The van der Waals surface area contributed by atoms with Crippen LogP contribution in [0.1, 0.15) is 104 Å². The quantitative estimate of drug-likeness (QED) is 0.259. The molecule has 2 aromatic rings. The molecular formula is C38H54BN3O4. The van der Waals surface area contributed by atoms with Crippen LogP contribution in [0.2, 0.25) is 0 Å². The van der Waals surface area contributed by atoms with Gasteiger partial charge in [-0.1, -0.05) is 45.9 Å². The SMILES string of the molecule is CC(C)C[C@H](NC(=O)[C@H](Cc1c[nH]c2ccccc12)NC(=O)CC12CC3CC(CC(C3)C1)C2)B1O[C@@H]2C[C@@H]3C[C@@H](C3(C)C)[C@]2(C)O1. The zero-order valence-electron chi connectivity index (χ0n) is 28.6. The lowest BCUT2D eigenvalue weighted by Gasteiger charge is -2.64. The highest BCUT2D eigenvalue weighted by Crippen LogP contribution is 2.66. The minimum Gasteiger partial charge on any atom is -0.404 e. The molecule has 1 saturated heterocycles. The van der Waals surface area contributed by atoms with E-state index in [1.807, 2.05) is 18.3 Å². The molecule has 1 aromatic heterocycles. The summed E-state index contributed by atoms with van der Waals surface area (Å²) in [7, 11) is -0.493. The molecule has 10 rings (SSSR count). The number of carbonyl (C=O) groups is 2. The Balaban J connectivity index is 1.02. The molecule has 6 atom stereocenters. The van der Waals surface area contributed by atoms with Gasteiger partial charge in [-0.2, -0.15) is 0 Å². The summed E-state index contributed by atoms with van der Waals surface area (Å²) in [5, 5.41) is 7.75. The lowest BCUT2D eigenvalue weighted by molar-refractivity contribution is -0.199. The maximum absolute atomic E-state index is 14.4. The smallest absolute Gasteiger partial charge is 0.404 e. The summed E-state index contributed by atoms with van der Waals surface area (Å²) in [4.78, 5) is 31.7. The lowest BCUT2D eigenvalue weighted by Crippen LogP contribution is -2.65. The van der Waals surface area contributed by atoms with E-state index in [-0.39, 0.29) is 40.3 Å². The van der Waals surface area contributed by atoms with Crippen molar-refractivity contribution in [2.45, 2.75) is 129 Å². The molecule has 1 aliphatic heterocycles. The fourth-order valence-corrected chi connectivity index (χ4v) is 11.9. The summed E-state index contributed by atoms with van der Waals surface area (Å²) < 4.78 is 13.5. The Morgan fingerprint density at radius 2 is 1.67 bits per heavy atom. The van der Waals surface area contributed by atoms with Crippen molar-refractivity contribution in [2.24, 2.45) is 46.3 Å². The molecule has 7 nitrogen and oxygen atoms in total. The van der Waals surface area contributed by atoms with Crippen LogP contribution in [0, 0.1) is 46.3 Å². The van der Waals surface area contributed by atoms with Gasteiger partial charge in [0.15, 0.2) is 0 Å². The molecule has 46 heavy (non-hydrogen) atoms. The second-order valence-electron chi connectivity index (χ2n) is 17.9. The van der Waals surface area contributed by atoms with Crippen LogP contribution in [0.25, 0.3) is 10.9 Å². The molecule has 0 spiro atoms. The lowest BCUT2D eigenvalue weighted by atomic mass is 9.43. The number of fused-ring (bicyclic) bond motifs is 1. The van der Waals surface area contributed by atoms with Gasteiger partial charge in [0.2, 0.25) is 11.8 Å². The van der Waals surface area contributed by atoms with Crippen LogP contribution < -0.4 is 10.6 Å². The monoisotopic (exact) mass is 627 g/mol. The Morgan fingerprint density at radius 1 is 0.978 bits per heavy atom.